The smallest absolute Gasteiger partial charge is 0.318 e. The van der Waals surface area contributed by atoms with E-state index in [-0.39, 0.29) is 0 Å². The van der Waals surface area contributed by atoms with Crippen LogP contribution in [0.1, 0.15) is 20.3 Å². The molecule has 2 N–H and O–H groups in total. The number of carbonyl (C=O) groups excluding carboxylic acids is 1. The second-order valence-corrected chi connectivity index (χ2v) is 3.88. The van der Waals surface area contributed by atoms with E-state index in [1.807, 2.05) is 0 Å². The Morgan fingerprint density at radius 1 is 1.44 bits per heavy atom. The normalized spacial score (nSPS) is 10.9. The lowest BCUT2D eigenvalue weighted by molar-refractivity contribution is -0.153. The summed E-state index contributed by atoms with van der Waals surface area (Å²) in [6, 6.07) is 0. The minimum absolute atomic E-state index is 0.312. The molecule has 0 aromatic heterocycles. The number of aliphatic carboxylic acids is 1. The largest absolute Gasteiger partial charge is 0.480 e. The Bertz CT molecular complexity index is 261. The lowest BCUT2D eigenvalue weighted by atomic mass is 9.93. The molecular formula is C11H19NO4. The fourth-order valence-corrected chi connectivity index (χ4v) is 0.824. The van der Waals surface area contributed by atoms with Crippen LogP contribution in [-0.4, -0.2) is 36.7 Å². The van der Waals surface area contributed by atoms with Gasteiger partial charge in [-0.25, -0.2) is 0 Å². The van der Waals surface area contributed by atoms with Crippen LogP contribution in [0, 0.1) is 5.41 Å². The van der Waals surface area contributed by atoms with Crippen LogP contribution in [0.3, 0.4) is 0 Å². The van der Waals surface area contributed by atoms with Gasteiger partial charge in [0.05, 0.1) is 13.2 Å². The van der Waals surface area contributed by atoms with Crippen LogP contribution in [-0.2, 0) is 14.3 Å². The topological polar surface area (TPSA) is 75.6 Å². The first-order chi connectivity index (χ1) is 7.42. The van der Waals surface area contributed by atoms with Crippen molar-refractivity contribution in [2.24, 2.45) is 5.41 Å². The van der Waals surface area contributed by atoms with Gasteiger partial charge < -0.3 is 15.2 Å². The van der Waals surface area contributed by atoms with Crippen molar-refractivity contribution in [2.75, 3.05) is 19.8 Å². The van der Waals surface area contributed by atoms with Gasteiger partial charge in [0.1, 0.15) is 5.41 Å². The first-order valence-corrected chi connectivity index (χ1v) is 5.13. The second kappa shape index (κ2) is 7.00. The Balaban J connectivity index is 3.74. The van der Waals surface area contributed by atoms with Crippen molar-refractivity contribution in [1.29, 1.82) is 0 Å². The van der Waals surface area contributed by atoms with Crippen LogP contribution >= 0.6 is 0 Å². The molecule has 0 aliphatic rings. The number of carboxylic acids is 1. The fourth-order valence-electron chi connectivity index (χ4n) is 0.824. The summed E-state index contributed by atoms with van der Waals surface area (Å²) in [7, 11) is 0. The predicted molar refractivity (Wildman–Crippen MR) is 60.1 cm³/mol. The van der Waals surface area contributed by atoms with E-state index in [0.717, 1.165) is 6.42 Å². The van der Waals surface area contributed by atoms with Gasteiger partial charge in [0, 0.05) is 6.54 Å². The summed E-state index contributed by atoms with van der Waals surface area (Å²) >= 11 is 0. The maximum Gasteiger partial charge on any atom is 0.318 e. The molecule has 0 radical (unpaired) electrons. The zero-order valence-electron chi connectivity index (χ0n) is 9.78. The maximum atomic E-state index is 11.4. The molecule has 0 aliphatic carbocycles. The number of amides is 1. The standard InChI is InChI=1S/C11H19NO4/c1-4-5-7-16-8-6-12-9(13)11(2,3)10(14)15/h4H,1,5-8H2,2-3H3,(H,12,13)(H,14,15). The molecule has 0 unspecified atom stereocenters. The Hall–Kier alpha value is -1.36. The summed E-state index contributed by atoms with van der Waals surface area (Å²) in [4.78, 5) is 22.2. The van der Waals surface area contributed by atoms with Crippen molar-refractivity contribution in [3.05, 3.63) is 12.7 Å². The number of hydrogen-bond donors (Lipinski definition) is 2. The van der Waals surface area contributed by atoms with Crippen molar-refractivity contribution < 1.29 is 19.4 Å². The lowest BCUT2D eigenvalue weighted by Gasteiger charge is -2.18. The SMILES string of the molecule is C=CCCOCCNC(=O)C(C)(C)C(=O)O. The molecule has 0 saturated heterocycles. The summed E-state index contributed by atoms with van der Waals surface area (Å²) < 4.78 is 5.16. The third-order valence-electron chi connectivity index (χ3n) is 2.10. The van der Waals surface area contributed by atoms with E-state index in [4.69, 9.17) is 9.84 Å². The lowest BCUT2D eigenvalue weighted by Crippen LogP contribution is -2.43. The molecule has 0 aromatic carbocycles. The number of carboxylic acid groups (broad SMARTS) is 1. The van der Waals surface area contributed by atoms with Crippen LogP contribution in [0.2, 0.25) is 0 Å². The molecule has 0 atom stereocenters. The van der Waals surface area contributed by atoms with E-state index in [0.29, 0.717) is 19.8 Å². The molecule has 0 heterocycles. The van der Waals surface area contributed by atoms with Crippen molar-refractivity contribution in [3.8, 4) is 0 Å². The highest BCUT2D eigenvalue weighted by Crippen LogP contribution is 2.14. The van der Waals surface area contributed by atoms with Crippen LogP contribution in [0.4, 0.5) is 0 Å². The predicted octanol–water partition coefficient (Wildman–Crippen LogP) is 0.806. The second-order valence-electron chi connectivity index (χ2n) is 3.88. The van der Waals surface area contributed by atoms with Gasteiger partial charge in [-0.3, -0.25) is 9.59 Å². The minimum Gasteiger partial charge on any atom is -0.480 e. The van der Waals surface area contributed by atoms with Crippen molar-refractivity contribution >= 4 is 11.9 Å². The van der Waals surface area contributed by atoms with Gasteiger partial charge in [0.25, 0.3) is 0 Å². The number of ether oxygens (including phenoxy) is 1. The highest BCUT2D eigenvalue weighted by Gasteiger charge is 2.35. The van der Waals surface area contributed by atoms with Crippen LogP contribution in [0.5, 0.6) is 0 Å². The molecule has 0 aromatic rings. The Morgan fingerprint density at radius 3 is 2.56 bits per heavy atom. The summed E-state index contributed by atoms with van der Waals surface area (Å²) in [6.07, 6.45) is 2.50. The number of rotatable bonds is 8. The van der Waals surface area contributed by atoms with E-state index < -0.39 is 17.3 Å². The number of hydrogen-bond acceptors (Lipinski definition) is 3. The van der Waals surface area contributed by atoms with E-state index >= 15 is 0 Å². The molecule has 0 aliphatic heterocycles. The molecule has 0 bridgehead atoms. The average molecular weight is 229 g/mol. The summed E-state index contributed by atoms with van der Waals surface area (Å²) in [5.41, 5.74) is -1.40. The Kier molecular flexibility index (Phi) is 6.41. The summed E-state index contributed by atoms with van der Waals surface area (Å²) in [6.45, 7) is 7.51. The fraction of sp³-hybridized carbons (Fsp3) is 0.636. The number of carbonyl (C=O) groups is 2. The highest BCUT2D eigenvalue weighted by atomic mass is 16.5. The van der Waals surface area contributed by atoms with Crippen molar-refractivity contribution in [2.45, 2.75) is 20.3 Å². The third kappa shape index (κ3) is 4.93. The van der Waals surface area contributed by atoms with E-state index in [1.54, 1.807) is 6.08 Å². The zero-order valence-corrected chi connectivity index (χ0v) is 9.78. The molecule has 0 fully saturated rings. The Morgan fingerprint density at radius 2 is 2.06 bits per heavy atom. The van der Waals surface area contributed by atoms with Crippen LogP contribution < -0.4 is 5.32 Å². The molecule has 16 heavy (non-hydrogen) atoms. The molecule has 0 spiro atoms. The van der Waals surface area contributed by atoms with E-state index in [2.05, 4.69) is 11.9 Å². The molecule has 0 rings (SSSR count). The van der Waals surface area contributed by atoms with Gasteiger partial charge in [-0.1, -0.05) is 6.08 Å². The van der Waals surface area contributed by atoms with Crippen molar-refractivity contribution in [1.82, 2.24) is 5.32 Å². The quantitative estimate of drug-likeness (QED) is 0.367. The first-order valence-electron chi connectivity index (χ1n) is 5.13. The minimum atomic E-state index is -1.40. The highest BCUT2D eigenvalue weighted by molar-refractivity contribution is 6.00. The van der Waals surface area contributed by atoms with Gasteiger partial charge in [0.2, 0.25) is 5.91 Å². The Labute approximate surface area is 95.5 Å². The molecule has 0 saturated carbocycles. The average Bonchev–Trinajstić information content (AvgIpc) is 2.22. The molecule has 5 nitrogen and oxygen atoms in total. The van der Waals surface area contributed by atoms with Gasteiger partial charge in [0.15, 0.2) is 0 Å². The van der Waals surface area contributed by atoms with Gasteiger partial charge in [-0.15, -0.1) is 6.58 Å². The monoisotopic (exact) mass is 229 g/mol. The molecule has 92 valence electrons. The maximum absolute atomic E-state index is 11.4. The van der Waals surface area contributed by atoms with Gasteiger partial charge >= 0.3 is 5.97 Å². The summed E-state index contributed by atoms with van der Waals surface area (Å²) in [5, 5.41) is 11.3. The summed E-state index contributed by atoms with van der Waals surface area (Å²) in [5.74, 6) is -1.65. The van der Waals surface area contributed by atoms with E-state index in [1.165, 1.54) is 13.8 Å². The molecule has 1 amide bonds. The van der Waals surface area contributed by atoms with Gasteiger partial charge in [-0.05, 0) is 20.3 Å². The van der Waals surface area contributed by atoms with Crippen LogP contribution in [0.25, 0.3) is 0 Å². The zero-order chi connectivity index (χ0) is 12.6. The van der Waals surface area contributed by atoms with E-state index in [9.17, 15) is 9.59 Å². The molecule has 5 heteroatoms. The van der Waals surface area contributed by atoms with Crippen molar-refractivity contribution in [3.63, 3.8) is 0 Å². The number of nitrogens with one attached hydrogen (secondary N) is 1. The first kappa shape index (κ1) is 14.6. The molecular weight excluding hydrogens is 210 g/mol. The van der Waals surface area contributed by atoms with Gasteiger partial charge in [-0.2, -0.15) is 0 Å². The van der Waals surface area contributed by atoms with Crippen LogP contribution in [0.15, 0.2) is 12.7 Å². The third-order valence-corrected chi connectivity index (χ3v) is 2.10.